The third-order valence-electron chi connectivity index (χ3n) is 5.49. The van der Waals surface area contributed by atoms with Crippen LogP contribution in [0.4, 0.5) is 11.5 Å². The highest BCUT2D eigenvalue weighted by atomic mass is 32.2. The lowest BCUT2D eigenvalue weighted by Gasteiger charge is -2.10. The summed E-state index contributed by atoms with van der Waals surface area (Å²) < 4.78 is 5.78. The van der Waals surface area contributed by atoms with Gasteiger partial charge in [0.25, 0.3) is 5.91 Å². The number of carbonyl (C=O) groups is 2. The van der Waals surface area contributed by atoms with Crippen molar-refractivity contribution in [2.24, 2.45) is 0 Å². The molecule has 0 atom stereocenters. The highest BCUT2D eigenvalue weighted by molar-refractivity contribution is 7.99. The molecule has 0 aliphatic carbocycles. The Hall–Kier alpha value is -3.65. The standard InChI is InChI=1S/C25H24N4O3S/c1-14-9-8-12-19(15(14)2)26-20(30)13-33-25-28-22(21-16(3)17(4)32-24(21)29-25)27-23(31)18-10-6-5-7-11-18/h5-12H,13H2,1-4H3,(H,26,30)(H,27,28,29,31). The molecular formula is C25H24N4O3S. The summed E-state index contributed by atoms with van der Waals surface area (Å²) in [4.78, 5) is 34.3. The van der Waals surface area contributed by atoms with E-state index in [-0.39, 0.29) is 17.6 Å². The molecule has 0 saturated carbocycles. The smallest absolute Gasteiger partial charge is 0.256 e. The summed E-state index contributed by atoms with van der Waals surface area (Å²) in [5.74, 6) is 0.727. The van der Waals surface area contributed by atoms with Crippen LogP contribution in [0.1, 0.15) is 32.8 Å². The normalized spacial score (nSPS) is 10.9. The van der Waals surface area contributed by atoms with E-state index in [4.69, 9.17) is 4.42 Å². The van der Waals surface area contributed by atoms with E-state index < -0.39 is 0 Å². The molecule has 2 N–H and O–H groups in total. The van der Waals surface area contributed by atoms with Gasteiger partial charge in [0.1, 0.15) is 11.6 Å². The number of thioether (sulfide) groups is 1. The number of furan rings is 1. The molecule has 0 bridgehead atoms. The first-order valence-electron chi connectivity index (χ1n) is 10.5. The van der Waals surface area contributed by atoms with E-state index in [2.05, 4.69) is 20.6 Å². The van der Waals surface area contributed by atoms with Gasteiger partial charge in [-0.25, -0.2) is 4.98 Å². The van der Waals surface area contributed by atoms with Gasteiger partial charge in [0.05, 0.1) is 11.1 Å². The Morgan fingerprint density at radius 1 is 0.909 bits per heavy atom. The van der Waals surface area contributed by atoms with Gasteiger partial charge in [-0.15, -0.1) is 0 Å². The Kier molecular flexibility index (Phi) is 6.46. The molecule has 4 rings (SSSR count). The summed E-state index contributed by atoms with van der Waals surface area (Å²) in [6, 6.07) is 14.7. The molecule has 168 valence electrons. The van der Waals surface area contributed by atoms with Crippen LogP contribution in [0.5, 0.6) is 0 Å². The van der Waals surface area contributed by atoms with E-state index in [1.807, 2.05) is 52.0 Å². The Morgan fingerprint density at radius 2 is 1.67 bits per heavy atom. The van der Waals surface area contributed by atoms with E-state index in [9.17, 15) is 9.59 Å². The number of rotatable bonds is 6. The minimum atomic E-state index is -0.280. The Morgan fingerprint density at radius 3 is 2.42 bits per heavy atom. The number of aryl methyl sites for hydroxylation is 3. The van der Waals surface area contributed by atoms with Crippen molar-refractivity contribution in [1.82, 2.24) is 9.97 Å². The molecular weight excluding hydrogens is 436 g/mol. The zero-order chi connectivity index (χ0) is 23.5. The van der Waals surface area contributed by atoms with Gasteiger partial charge in [0.15, 0.2) is 5.16 Å². The molecule has 33 heavy (non-hydrogen) atoms. The molecule has 8 heteroatoms. The molecule has 0 radical (unpaired) electrons. The summed E-state index contributed by atoms with van der Waals surface area (Å²) in [5.41, 5.74) is 4.67. The maximum atomic E-state index is 12.7. The maximum Gasteiger partial charge on any atom is 0.256 e. The number of carbonyl (C=O) groups excluding carboxylic acids is 2. The zero-order valence-electron chi connectivity index (χ0n) is 18.9. The molecule has 0 aliphatic heterocycles. The fourth-order valence-corrected chi connectivity index (χ4v) is 3.99. The highest BCUT2D eigenvalue weighted by Gasteiger charge is 2.19. The molecule has 0 saturated heterocycles. The number of hydrogen-bond acceptors (Lipinski definition) is 6. The minimum Gasteiger partial charge on any atom is -0.443 e. The average Bonchev–Trinajstić information content (AvgIpc) is 3.09. The predicted molar refractivity (Wildman–Crippen MR) is 131 cm³/mol. The molecule has 7 nitrogen and oxygen atoms in total. The van der Waals surface area contributed by atoms with Crippen molar-refractivity contribution in [3.8, 4) is 0 Å². The lowest BCUT2D eigenvalue weighted by Crippen LogP contribution is -2.16. The number of nitrogens with zero attached hydrogens (tertiary/aromatic N) is 2. The average molecular weight is 461 g/mol. The Bertz CT molecular complexity index is 1350. The first kappa shape index (κ1) is 22.5. The summed E-state index contributed by atoms with van der Waals surface area (Å²) in [5, 5.41) is 6.80. The molecule has 0 aliphatic rings. The highest BCUT2D eigenvalue weighted by Crippen LogP contribution is 2.31. The molecule has 0 fully saturated rings. The van der Waals surface area contributed by atoms with Crippen LogP contribution in [0.3, 0.4) is 0 Å². The van der Waals surface area contributed by atoms with Crippen molar-refractivity contribution < 1.29 is 14.0 Å². The lowest BCUT2D eigenvalue weighted by atomic mass is 10.1. The number of amides is 2. The van der Waals surface area contributed by atoms with Gasteiger partial charge in [0, 0.05) is 16.8 Å². The van der Waals surface area contributed by atoms with Gasteiger partial charge in [0.2, 0.25) is 11.6 Å². The van der Waals surface area contributed by atoms with Gasteiger partial charge in [-0.2, -0.15) is 4.98 Å². The van der Waals surface area contributed by atoms with Crippen LogP contribution in [0.15, 0.2) is 58.1 Å². The molecule has 4 aromatic rings. The second kappa shape index (κ2) is 9.46. The molecule has 2 heterocycles. The van der Waals surface area contributed by atoms with Gasteiger partial charge in [-0.05, 0) is 57.0 Å². The van der Waals surface area contributed by atoms with Crippen molar-refractivity contribution in [2.45, 2.75) is 32.9 Å². The van der Waals surface area contributed by atoms with Crippen LogP contribution in [-0.4, -0.2) is 27.5 Å². The fourth-order valence-electron chi connectivity index (χ4n) is 3.36. The van der Waals surface area contributed by atoms with E-state index in [0.717, 1.165) is 22.4 Å². The minimum absolute atomic E-state index is 0.115. The second-order valence-electron chi connectivity index (χ2n) is 7.72. The van der Waals surface area contributed by atoms with Crippen LogP contribution in [-0.2, 0) is 4.79 Å². The van der Waals surface area contributed by atoms with Crippen molar-refractivity contribution >= 4 is 46.2 Å². The lowest BCUT2D eigenvalue weighted by molar-refractivity contribution is -0.113. The largest absolute Gasteiger partial charge is 0.443 e. The number of benzene rings is 2. The van der Waals surface area contributed by atoms with Crippen LogP contribution in [0, 0.1) is 27.7 Å². The molecule has 2 aromatic heterocycles. The molecule has 2 aromatic carbocycles. The van der Waals surface area contributed by atoms with Gasteiger partial charge >= 0.3 is 0 Å². The summed E-state index contributed by atoms with van der Waals surface area (Å²) in [6.45, 7) is 7.71. The Labute approximate surface area is 196 Å². The summed E-state index contributed by atoms with van der Waals surface area (Å²) in [6.07, 6.45) is 0. The van der Waals surface area contributed by atoms with E-state index in [0.29, 0.717) is 33.4 Å². The van der Waals surface area contributed by atoms with Crippen LogP contribution < -0.4 is 10.6 Å². The van der Waals surface area contributed by atoms with E-state index in [1.165, 1.54) is 11.8 Å². The summed E-state index contributed by atoms with van der Waals surface area (Å²) >= 11 is 1.18. The first-order valence-corrected chi connectivity index (χ1v) is 11.4. The van der Waals surface area contributed by atoms with Gasteiger partial charge in [-0.1, -0.05) is 42.1 Å². The monoisotopic (exact) mass is 460 g/mol. The number of nitrogens with one attached hydrogen (secondary N) is 2. The van der Waals surface area contributed by atoms with Crippen LogP contribution >= 0.6 is 11.8 Å². The topological polar surface area (TPSA) is 97.1 Å². The quantitative estimate of drug-likeness (QED) is 0.294. The van der Waals surface area contributed by atoms with E-state index >= 15 is 0 Å². The van der Waals surface area contributed by atoms with Crippen LogP contribution in [0.2, 0.25) is 0 Å². The number of anilines is 2. The van der Waals surface area contributed by atoms with Crippen molar-refractivity contribution in [2.75, 3.05) is 16.4 Å². The SMILES string of the molecule is Cc1cccc(NC(=O)CSc2nc(NC(=O)c3ccccc3)c3c(C)c(C)oc3n2)c1C. The fraction of sp³-hybridized carbons (Fsp3) is 0.200. The van der Waals surface area contributed by atoms with Crippen molar-refractivity contribution in [3.05, 3.63) is 76.5 Å². The van der Waals surface area contributed by atoms with E-state index in [1.54, 1.807) is 24.3 Å². The molecule has 0 unspecified atom stereocenters. The van der Waals surface area contributed by atoms with Crippen LogP contribution in [0.25, 0.3) is 11.1 Å². The number of hydrogen-bond donors (Lipinski definition) is 2. The van der Waals surface area contributed by atoms with Gasteiger partial charge < -0.3 is 15.1 Å². The number of fused-ring (bicyclic) bond motifs is 1. The first-order chi connectivity index (χ1) is 15.8. The van der Waals surface area contributed by atoms with Crippen molar-refractivity contribution in [1.29, 1.82) is 0 Å². The maximum absolute atomic E-state index is 12.7. The number of aromatic nitrogens is 2. The molecule has 0 spiro atoms. The Balaban J connectivity index is 1.56. The second-order valence-corrected chi connectivity index (χ2v) is 8.67. The third kappa shape index (κ3) is 4.90. The zero-order valence-corrected chi connectivity index (χ0v) is 19.7. The van der Waals surface area contributed by atoms with Gasteiger partial charge in [-0.3, -0.25) is 9.59 Å². The molecule has 2 amide bonds. The van der Waals surface area contributed by atoms with Crippen molar-refractivity contribution in [3.63, 3.8) is 0 Å². The predicted octanol–water partition coefficient (Wildman–Crippen LogP) is 5.44. The summed E-state index contributed by atoms with van der Waals surface area (Å²) in [7, 11) is 0. The third-order valence-corrected chi connectivity index (χ3v) is 6.33.